The Morgan fingerprint density at radius 2 is 2.35 bits per heavy atom. The lowest BCUT2D eigenvalue weighted by Gasteiger charge is -2.13. The van der Waals surface area contributed by atoms with Crippen LogP contribution in [-0.4, -0.2) is 30.2 Å². The number of nitrogens with one attached hydrogen (secondary N) is 2. The third-order valence-electron chi connectivity index (χ3n) is 2.45. The summed E-state index contributed by atoms with van der Waals surface area (Å²) in [4.78, 5) is 11.6. The van der Waals surface area contributed by atoms with Gasteiger partial charge in [0.05, 0.1) is 18.8 Å². The molecule has 0 aromatic carbocycles. The number of amides is 1. The molecule has 0 spiro atoms. The highest BCUT2D eigenvalue weighted by molar-refractivity contribution is 5.81. The number of hydrogen-bond donors (Lipinski definition) is 3. The molecule has 3 N–H and O–H groups in total. The molecule has 0 aliphatic carbocycles. The van der Waals surface area contributed by atoms with Gasteiger partial charge in [-0.2, -0.15) is 0 Å². The molecule has 1 amide bonds. The quantitative estimate of drug-likeness (QED) is 0.583. The summed E-state index contributed by atoms with van der Waals surface area (Å²) in [6.07, 6.45) is 3.21. The van der Waals surface area contributed by atoms with Gasteiger partial charge >= 0.3 is 0 Å². The van der Waals surface area contributed by atoms with Crippen molar-refractivity contribution in [1.29, 1.82) is 0 Å². The van der Waals surface area contributed by atoms with E-state index in [9.17, 15) is 4.79 Å². The summed E-state index contributed by atoms with van der Waals surface area (Å²) in [5.74, 6) is 0.691. The van der Waals surface area contributed by atoms with Gasteiger partial charge in [0.2, 0.25) is 5.91 Å². The van der Waals surface area contributed by atoms with Crippen molar-refractivity contribution in [3.8, 4) is 0 Å². The van der Waals surface area contributed by atoms with Crippen molar-refractivity contribution in [2.24, 2.45) is 0 Å². The molecule has 0 radical (unpaired) electrons. The molecule has 1 heterocycles. The maximum Gasteiger partial charge on any atom is 0.237 e. The zero-order chi connectivity index (χ0) is 12.5. The zero-order valence-electron chi connectivity index (χ0n) is 10.1. The molecule has 0 saturated carbocycles. The zero-order valence-corrected chi connectivity index (χ0v) is 10.1. The summed E-state index contributed by atoms with van der Waals surface area (Å²) in [7, 11) is 0. The Hall–Kier alpha value is -1.33. The Bertz CT molecular complexity index is 312. The van der Waals surface area contributed by atoms with Gasteiger partial charge in [-0.1, -0.05) is 0 Å². The predicted molar refractivity (Wildman–Crippen MR) is 64.3 cm³/mol. The van der Waals surface area contributed by atoms with Crippen LogP contribution in [-0.2, 0) is 11.3 Å². The average Bonchev–Trinajstić information content (AvgIpc) is 2.84. The molecule has 1 unspecified atom stereocenters. The van der Waals surface area contributed by atoms with Gasteiger partial charge in [-0.05, 0) is 38.4 Å². The monoisotopic (exact) mass is 240 g/mol. The van der Waals surface area contributed by atoms with E-state index in [2.05, 4.69) is 10.6 Å². The van der Waals surface area contributed by atoms with Gasteiger partial charge in [0.25, 0.3) is 0 Å². The van der Waals surface area contributed by atoms with Gasteiger partial charge in [0.1, 0.15) is 5.76 Å². The highest BCUT2D eigenvalue weighted by Crippen LogP contribution is 1.98. The third kappa shape index (κ3) is 5.51. The lowest BCUT2D eigenvalue weighted by Crippen LogP contribution is -2.42. The minimum absolute atomic E-state index is 0.0506. The van der Waals surface area contributed by atoms with Crippen LogP contribution < -0.4 is 10.6 Å². The van der Waals surface area contributed by atoms with Crippen LogP contribution in [0, 0.1) is 0 Å². The van der Waals surface area contributed by atoms with Crippen LogP contribution in [0.25, 0.3) is 0 Å². The molecule has 17 heavy (non-hydrogen) atoms. The minimum Gasteiger partial charge on any atom is -0.467 e. The molecular weight excluding hydrogens is 220 g/mol. The first kappa shape index (κ1) is 13.7. The summed E-state index contributed by atoms with van der Waals surface area (Å²) in [6, 6.07) is 3.38. The van der Waals surface area contributed by atoms with E-state index in [1.807, 2.05) is 13.0 Å². The van der Waals surface area contributed by atoms with Gasteiger partial charge in [0.15, 0.2) is 0 Å². The van der Waals surface area contributed by atoms with Crippen LogP contribution in [0.5, 0.6) is 0 Å². The Morgan fingerprint density at radius 3 is 3.00 bits per heavy atom. The third-order valence-corrected chi connectivity index (χ3v) is 2.45. The maximum absolute atomic E-state index is 11.6. The number of carbonyl (C=O) groups excluding carboxylic acids is 1. The lowest BCUT2D eigenvalue weighted by molar-refractivity contribution is -0.123. The molecule has 0 fully saturated rings. The van der Waals surface area contributed by atoms with Crippen molar-refractivity contribution in [2.75, 3.05) is 13.2 Å². The standard InChI is InChI=1S/C12H20N2O3/c1-10(13-6-2-3-7-15)12(16)14-9-11-5-4-8-17-11/h4-5,8,10,13,15H,2-3,6-7,9H2,1H3,(H,14,16). The summed E-state index contributed by atoms with van der Waals surface area (Å²) in [6.45, 7) is 3.15. The molecule has 1 atom stereocenters. The van der Waals surface area contributed by atoms with E-state index in [-0.39, 0.29) is 18.6 Å². The Balaban J connectivity index is 2.13. The second kappa shape index (κ2) is 7.86. The topological polar surface area (TPSA) is 74.5 Å². The van der Waals surface area contributed by atoms with Crippen LogP contribution in [0.4, 0.5) is 0 Å². The molecule has 1 rings (SSSR count). The van der Waals surface area contributed by atoms with E-state index >= 15 is 0 Å². The van der Waals surface area contributed by atoms with Crippen LogP contribution in [0.1, 0.15) is 25.5 Å². The fourth-order valence-electron chi connectivity index (χ4n) is 1.39. The molecule has 1 aromatic rings. The highest BCUT2D eigenvalue weighted by atomic mass is 16.3. The molecule has 5 nitrogen and oxygen atoms in total. The van der Waals surface area contributed by atoms with Crippen molar-refractivity contribution < 1.29 is 14.3 Å². The molecule has 0 aliphatic heterocycles. The number of aliphatic hydroxyl groups is 1. The van der Waals surface area contributed by atoms with Crippen molar-refractivity contribution in [1.82, 2.24) is 10.6 Å². The molecule has 96 valence electrons. The fourth-order valence-corrected chi connectivity index (χ4v) is 1.39. The first-order valence-corrected chi connectivity index (χ1v) is 5.88. The van der Waals surface area contributed by atoms with Crippen molar-refractivity contribution in [3.05, 3.63) is 24.2 Å². The Labute approximate surface area is 101 Å². The fraction of sp³-hybridized carbons (Fsp3) is 0.583. The molecule has 0 bridgehead atoms. The predicted octanol–water partition coefficient (Wildman–Crippen LogP) is 0.646. The minimum atomic E-state index is -0.233. The number of rotatable bonds is 8. The number of aliphatic hydroxyl groups excluding tert-OH is 1. The largest absolute Gasteiger partial charge is 0.467 e. The lowest BCUT2D eigenvalue weighted by atomic mass is 10.2. The molecule has 0 saturated heterocycles. The van der Waals surface area contributed by atoms with Gasteiger partial charge in [-0.15, -0.1) is 0 Å². The van der Waals surface area contributed by atoms with E-state index in [1.54, 1.807) is 12.3 Å². The smallest absolute Gasteiger partial charge is 0.237 e. The SMILES string of the molecule is CC(NCCCCO)C(=O)NCc1ccco1. The van der Waals surface area contributed by atoms with Gasteiger partial charge < -0.3 is 20.2 Å². The average molecular weight is 240 g/mol. The van der Waals surface area contributed by atoms with Crippen molar-refractivity contribution in [2.45, 2.75) is 32.4 Å². The summed E-state index contributed by atoms with van der Waals surface area (Å²) in [5.41, 5.74) is 0. The number of furan rings is 1. The summed E-state index contributed by atoms with van der Waals surface area (Å²) < 4.78 is 5.11. The van der Waals surface area contributed by atoms with Crippen LogP contribution in [0.3, 0.4) is 0 Å². The number of unbranched alkanes of at least 4 members (excludes halogenated alkanes) is 1. The van der Waals surface area contributed by atoms with Gasteiger partial charge in [-0.3, -0.25) is 4.79 Å². The van der Waals surface area contributed by atoms with Crippen molar-refractivity contribution in [3.63, 3.8) is 0 Å². The van der Waals surface area contributed by atoms with Gasteiger partial charge in [0, 0.05) is 6.61 Å². The first-order valence-electron chi connectivity index (χ1n) is 5.88. The van der Waals surface area contributed by atoms with Crippen LogP contribution >= 0.6 is 0 Å². The number of hydrogen-bond acceptors (Lipinski definition) is 4. The van der Waals surface area contributed by atoms with Crippen LogP contribution in [0.15, 0.2) is 22.8 Å². The maximum atomic E-state index is 11.6. The van der Waals surface area contributed by atoms with E-state index in [0.29, 0.717) is 6.54 Å². The number of carbonyl (C=O) groups is 1. The first-order chi connectivity index (χ1) is 8.24. The van der Waals surface area contributed by atoms with Gasteiger partial charge in [-0.25, -0.2) is 0 Å². The van der Waals surface area contributed by atoms with Crippen LogP contribution in [0.2, 0.25) is 0 Å². The van der Waals surface area contributed by atoms with Crippen molar-refractivity contribution >= 4 is 5.91 Å². The van der Waals surface area contributed by atoms with E-state index < -0.39 is 0 Å². The molecule has 0 aliphatic rings. The Kier molecular flexibility index (Phi) is 6.35. The molecular formula is C12H20N2O3. The second-order valence-electron chi connectivity index (χ2n) is 3.90. The highest BCUT2D eigenvalue weighted by Gasteiger charge is 2.11. The normalized spacial score (nSPS) is 12.4. The van der Waals surface area contributed by atoms with E-state index in [4.69, 9.17) is 9.52 Å². The molecule has 5 heteroatoms. The Morgan fingerprint density at radius 1 is 1.53 bits per heavy atom. The summed E-state index contributed by atoms with van der Waals surface area (Å²) in [5, 5.41) is 14.5. The van der Waals surface area contributed by atoms with E-state index in [1.165, 1.54) is 0 Å². The summed E-state index contributed by atoms with van der Waals surface area (Å²) >= 11 is 0. The van der Waals surface area contributed by atoms with E-state index in [0.717, 1.165) is 25.1 Å². The molecule has 1 aromatic heterocycles. The second-order valence-corrected chi connectivity index (χ2v) is 3.90.